The lowest BCUT2D eigenvalue weighted by Crippen LogP contribution is -2.28. The minimum Gasteiger partial charge on any atom is -0.439 e. The number of alkyl carbamates (subject to hydrolysis) is 1. The molecule has 7 nitrogen and oxygen atoms in total. The largest absolute Gasteiger partial charge is 0.439 e. The van der Waals surface area contributed by atoms with E-state index in [9.17, 15) is 9.59 Å². The summed E-state index contributed by atoms with van der Waals surface area (Å²) in [7, 11) is 0. The van der Waals surface area contributed by atoms with Gasteiger partial charge < -0.3 is 20.4 Å². The molecule has 0 aliphatic rings. The van der Waals surface area contributed by atoms with Gasteiger partial charge in [-0.3, -0.25) is 4.79 Å². The molecule has 1 heterocycles. The lowest BCUT2D eigenvalue weighted by Gasteiger charge is -2.07. The van der Waals surface area contributed by atoms with Gasteiger partial charge in [0.15, 0.2) is 6.61 Å². The SMILES string of the molecule is NC(=O)COC(=O)NCc1ccc(-n2cnc(-c3ccccc3)c2)cc1. The molecule has 0 fully saturated rings. The van der Waals surface area contributed by atoms with Crippen molar-refractivity contribution in [1.29, 1.82) is 0 Å². The summed E-state index contributed by atoms with van der Waals surface area (Å²) in [5, 5.41) is 2.55. The smallest absolute Gasteiger partial charge is 0.407 e. The van der Waals surface area contributed by atoms with E-state index in [1.807, 2.05) is 65.4 Å². The van der Waals surface area contributed by atoms with E-state index in [-0.39, 0.29) is 6.54 Å². The van der Waals surface area contributed by atoms with Gasteiger partial charge >= 0.3 is 6.09 Å². The average molecular weight is 350 g/mol. The third-order valence-corrected chi connectivity index (χ3v) is 3.67. The predicted molar refractivity (Wildman–Crippen MR) is 96.4 cm³/mol. The third-order valence-electron chi connectivity index (χ3n) is 3.67. The van der Waals surface area contributed by atoms with E-state index >= 15 is 0 Å². The molecule has 132 valence electrons. The van der Waals surface area contributed by atoms with Gasteiger partial charge in [0.2, 0.25) is 0 Å². The molecule has 0 aliphatic heterocycles. The molecule has 26 heavy (non-hydrogen) atoms. The molecule has 0 saturated heterocycles. The van der Waals surface area contributed by atoms with Crippen molar-refractivity contribution in [3.63, 3.8) is 0 Å². The lowest BCUT2D eigenvalue weighted by atomic mass is 10.2. The molecule has 0 unspecified atom stereocenters. The first-order valence-electron chi connectivity index (χ1n) is 7.99. The molecule has 2 aromatic carbocycles. The van der Waals surface area contributed by atoms with Crippen molar-refractivity contribution in [2.24, 2.45) is 5.73 Å². The van der Waals surface area contributed by atoms with Gasteiger partial charge in [0.25, 0.3) is 5.91 Å². The number of nitrogens with zero attached hydrogens (tertiary/aromatic N) is 2. The third kappa shape index (κ3) is 4.47. The Labute approximate surface area is 150 Å². The standard InChI is InChI=1S/C19H18N4O3/c20-18(24)12-26-19(25)21-10-14-6-8-16(9-7-14)23-11-17(22-13-23)15-4-2-1-3-5-15/h1-9,11,13H,10,12H2,(H2,20,24)(H,21,25). The fourth-order valence-corrected chi connectivity index (χ4v) is 2.37. The number of benzene rings is 2. The topological polar surface area (TPSA) is 99.2 Å². The summed E-state index contributed by atoms with van der Waals surface area (Å²) in [6.07, 6.45) is 3.04. The first kappa shape index (κ1) is 17.2. The van der Waals surface area contributed by atoms with E-state index in [2.05, 4.69) is 15.0 Å². The Balaban J connectivity index is 1.60. The Bertz CT molecular complexity index is 889. The maximum absolute atomic E-state index is 11.4. The summed E-state index contributed by atoms with van der Waals surface area (Å²) in [6.45, 7) is -0.147. The number of ether oxygens (including phenoxy) is 1. The van der Waals surface area contributed by atoms with Crippen LogP contribution < -0.4 is 11.1 Å². The van der Waals surface area contributed by atoms with Gasteiger partial charge in [0.1, 0.15) is 0 Å². The molecule has 0 bridgehead atoms. The van der Waals surface area contributed by atoms with E-state index in [1.165, 1.54) is 0 Å². The van der Waals surface area contributed by atoms with Crippen molar-refractivity contribution < 1.29 is 14.3 Å². The fourth-order valence-electron chi connectivity index (χ4n) is 2.37. The van der Waals surface area contributed by atoms with Crippen molar-refractivity contribution in [2.45, 2.75) is 6.54 Å². The highest BCUT2D eigenvalue weighted by atomic mass is 16.6. The van der Waals surface area contributed by atoms with Gasteiger partial charge in [0, 0.05) is 24.0 Å². The molecule has 7 heteroatoms. The lowest BCUT2D eigenvalue weighted by molar-refractivity contribution is -0.120. The molecule has 0 atom stereocenters. The number of primary amides is 1. The van der Waals surface area contributed by atoms with Gasteiger partial charge in [0.05, 0.1) is 12.0 Å². The van der Waals surface area contributed by atoms with Crippen molar-refractivity contribution in [3.05, 3.63) is 72.7 Å². The first-order valence-corrected chi connectivity index (χ1v) is 7.99. The number of carbonyl (C=O) groups excluding carboxylic acids is 2. The van der Waals surface area contributed by atoms with Gasteiger partial charge in [-0.15, -0.1) is 0 Å². The maximum atomic E-state index is 11.4. The van der Waals surface area contributed by atoms with Crippen LogP contribution >= 0.6 is 0 Å². The highest BCUT2D eigenvalue weighted by molar-refractivity contribution is 5.78. The summed E-state index contributed by atoms with van der Waals surface area (Å²) in [4.78, 5) is 26.4. The first-order chi connectivity index (χ1) is 12.6. The number of nitrogens with two attached hydrogens (primary N) is 1. The zero-order chi connectivity index (χ0) is 18.4. The zero-order valence-electron chi connectivity index (χ0n) is 14.0. The quantitative estimate of drug-likeness (QED) is 0.712. The van der Waals surface area contributed by atoms with Crippen molar-refractivity contribution in [3.8, 4) is 16.9 Å². The molecule has 1 aromatic heterocycles. The summed E-state index contributed by atoms with van der Waals surface area (Å²) in [6, 6.07) is 17.6. The summed E-state index contributed by atoms with van der Waals surface area (Å²) < 4.78 is 6.56. The van der Waals surface area contributed by atoms with Gasteiger partial charge in [-0.1, -0.05) is 42.5 Å². The molecular weight excluding hydrogens is 332 g/mol. The Hall–Kier alpha value is -3.61. The molecule has 3 N–H and O–H groups in total. The van der Waals surface area contributed by atoms with Crippen LogP contribution in [-0.4, -0.2) is 28.2 Å². The number of nitrogens with one attached hydrogen (secondary N) is 1. The molecule has 2 amide bonds. The molecular formula is C19H18N4O3. The van der Waals surface area contributed by atoms with Crippen molar-refractivity contribution >= 4 is 12.0 Å². The normalized spacial score (nSPS) is 10.3. The molecule has 0 radical (unpaired) electrons. The number of imidazole rings is 1. The molecule has 0 spiro atoms. The number of aromatic nitrogens is 2. The van der Waals surface area contributed by atoms with Crippen LogP contribution in [0.3, 0.4) is 0 Å². The predicted octanol–water partition coefficient (Wildman–Crippen LogP) is 2.25. The summed E-state index contributed by atoms with van der Waals surface area (Å²) in [5.41, 5.74) is 8.72. The number of rotatable bonds is 6. The summed E-state index contributed by atoms with van der Waals surface area (Å²) in [5.74, 6) is -0.695. The molecule has 3 rings (SSSR count). The van der Waals surface area contributed by atoms with Crippen LogP contribution in [0.2, 0.25) is 0 Å². The fraction of sp³-hybridized carbons (Fsp3) is 0.105. The van der Waals surface area contributed by atoms with Crippen LogP contribution in [0.1, 0.15) is 5.56 Å². The van der Waals surface area contributed by atoms with Crippen LogP contribution in [0.15, 0.2) is 67.1 Å². The molecule has 0 aliphatic carbocycles. The number of hydrogen-bond donors (Lipinski definition) is 2. The highest BCUT2D eigenvalue weighted by Crippen LogP contribution is 2.18. The van der Waals surface area contributed by atoms with E-state index in [0.717, 1.165) is 22.5 Å². The maximum Gasteiger partial charge on any atom is 0.407 e. The Morgan fingerprint density at radius 3 is 2.50 bits per heavy atom. The van der Waals surface area contributed by atoms with E-state index in [4.69, 9.17) is 5.73 Å². The average Bonchev–Trinajstić information content (AvgIpc) is 3.16. The Morgan fingerprint density at radius 2 is 1.81 bits per heavy atom. The minimum absolute atomic E-state index is 0.289. The second-order valence-corrected chi connectivity index (χ2v) is 5.59. The van der Waals surface area contributed by atoms with Crippen LogP contribution in [0.4, 0.5) is 4.79 Å². The van der Waals surface area contributed by atoms with Crippen LogP contribution in [0, 0.1) is 0 Å². The van der Waals surface area contributed by atoms with Gasteiger partial charge in [-0.25, -0.2) is 9.78 Å². The second kappa shape index (κ2) is 7.98. The van der Waals surface area contributed by atoms with E-state index < -0.39 is 18.6 Å². The Morgan fingerprint density at radius 1 is 1.08 bits per heavy atom. The second-order valence-electron chi connectivity index (χ2n) is 5.59. The van der Waals surface area contributed by atoms with Crippen LogP contribution in [0.5, 0.6) is 0 Å². The number of carbonyl (C=O) groups is 2. The van der Waals surface area contributed by atoms with Gasteiger partial charge in [-0.05, 0) is 17.7 Å². The van der Waals surface area contributed by atoms with Gasteiger partial charge in [-0.2, -0.15) is 0 Å². The number of hydrogen-bond acceptors (Lipinski definition) is 4. The number of amides is 2. The zero-order valence-corrected chi connectivity index (χ0v) is 14.0. The Kier molecular flexibility index (Phi) is 5.28. The highest BCUT2D eigenvalue weighted by Gasteiger charge is 2.05. The van der Waals surface area contributed by atoms with Crippen molar-refractivity contribution in [1.82, 2.24) is 14.9 Å². The monoisotopic (exact) mass is 350 g/mol. The summed E-state index contributed by atoms with van der Waals surface area (Å²) >= 11 is 0. The van der Waals surface area contributed by atoms with Crippen molar-refractivity contribution in [2.75, 3.05) is 6.61 Å². The van der Waals surface area contributed by atoms with Crippen LogP contribution in [-0.2, 0) is 16.1 Å². The van der Waals surface area contributed by atoms with Crippen LogP contribution in [0.25, 0.3) is 16.9 Å². The van der Waals surface area contributed by atoms with E-state index in [1.54, 1.807) is 6.33 Å². The minimum atomic E-state index is -0.695. The molecule has 3 aromatic rings. The molecule has 0 saturated carbocycles. The van der Waals surface area contributed by atoms with E-state index in [0.29, 0.717) is 0 Å².